The van der Waals surface area contributed by atoms with Crippen LogP contribution in [0.3, 0.4) is 0 Å². The standard InChI is InChI=1S/C18H24N4O4S/c1-11(2)10-26-15-7-12(3)5-6-14(15)21-16(23)22-17-19-8-13(27-17)9-20-18(24)25-4/h5-8,11H,9-10H2,1-4H3,(H,20,24)(H2,19,21,22,23). The lowest BCUT2D eigenvalue weighted by Gasteiger charge is -2.14. The summed E-state index contributed by atoms with van der Waals surface area (Å²) in [7, 11) is 1.30. The summed E-state index contributed by atoms with van der Waals surface area (Å²) in [4.78, 5) is 28.3. The van der Waals surface area contributed by atoms with Gasteiger partial charge in [0, 0.05) is 11.1 Å². The smallest absolute Gasteiger partial charge is 0.407 e. The zero-order valence-electron chi connectivity index (χ0n) is 15.8. The molecule has 3 N–H and O–H groups in total. The molecule has 1 heterocycles. The van der Waals surface area contributed by atoms with E-state index in [4.69, 9.17) is 4.74 Å². The molecule has 0 saturated heterocycles. The van der Waals surface area contributed by atoms with Crippen molar-refractivity contribution in [1.82, 2.24) is 10.3 Å². The van der Waals surface area contributed by atoms with Gasteiger partial charge in [0.05, 0.1) is 25.9 Å². The Hall–Kier alpha value is -2.81. The van der Waals surface area contributed by atoms with Crippen LogP contribution in [0.25, 0.3) is 0 Å². The Labute approximate surface area is 162 Å². The van der Waals surface area contributed by atoms with Gasteiger partial charge in [0.1, 0.15) is 5.75 Å². The maximum atomic E-state index is 12.3. The van der Waals surface area contributed by atoms with E-state index in [1.54, 1.807) is 12.3 Å². The molecular formula is C18H24N4O4S. The summed E-state index contributed by atoms with van der Waals surface area (Å²) in [6, 6.07) is 5.17. The Morgan fingerprint density at radius 2 is 2.04 bits per heavy atom. The van der Waals surface area contributed by atoms with Crippen LogP contribution in [0.1, 0.15) is 24.3 Å². The normalized spacial score (nSPS) is 10.4. The van der Waals surface area contributed by atoms with Crippen LogP contribution in [0.5, 0.6) is 5.75 Å². The van der Waals surface area contributed by atoms with Crippen molar-refractivity contribution >= 4 is 34.3 Å². The molecule has 9 heteroatoms. The van der Waals surface area contributed by atoms with Gasteiger partial charge in [0.2, 0.25) is 0 Å². The number of aromatic nitrogens is 1. The van der Waals surface area contributed by atoms with E-state index in [9.17, 15) is 9.59 Å². The molecule has 1 aromatic heterocycles. The first-order valence-electron chi connectivity index (χ1n) is 8.45. The van der Waals surface area contributed by atoms with Crippen LogP contribution in [0.4, 0.5) is 20.4 Å². The summed E-state index contributed by atoms with van der Waals surface area (Å²) in [5, 5.41) is 8.43. The minimum Gasteiger partial charge on any atom is -0.491 e. The van der Waals surface area contributed by atoms with Gasteiger partial charge in [-0.25, -0.2) is 14.6 Å². The molecule has 3 amide bonds. The number of anilines is 2. The first kappa shape index (κ1) is 20.5. The van der Waals surface area contributed by atoms with Gasteiger partial charge in [-0.05, 0) is 30.5 Å². The van der Waals surface area contributed by atoms with Gasteiger partial charge in [0.25, 0.3) is 0 Å². The van der Waals surface area contributed by atoms with Crippen molar-refractivity contribution in [2.24, 2.45) is 5.92 Å². The SMILES string of the molecule is COC(=O)NCc1cnc(NC(=O)Nc2ccc(C)cc2OCC(C)C)s1. The highest BCUT2D eigenvalue weighted by Gasteiger charge is 2.11. The van der Waals surface area contributed by atoms with Crippen LogP contribution in [-0.4, -0.2) is 30.8 Å². The number of carbonyl (C=O) groups excluding carboxylic acids is 2. The number of rotatable bonds is 7. The quantitative estimate of drug-likeness (QED) is 0.661. The van der Waals surface area contributed by atoms with Crippen LogP contribution in [0, 0.1) is 12.8 Å². The second-order valence-corrected chi connectivity index (χ2v) is 7.38. The second-order valence-electron chi connectivity index (χ2n) is 6.26. The van der Waals surface area contributed by atoms with E-state index in [1.165, 1.54) is 18.4 Å². The van der Waals surface area contributed by atoms with Crippen LogP contribution in [-0.2, 0) is 11.3 Å². The number of hydrogen-bond donors (Lipinski definition) is 3. The van der Waals surface area contributed by atoms with Gasteiger partial charge in [-0.2, -0.15) is 0 Å². The Bertz CT molecular complexity index is 791. The topological polar surface area (TPSA) is 102 Å². The van der Waals surface area contributed by atoms with E-state index in [1.807, 2.05) is 19.1 Å². The number of alkyl carbamates (subject to hydrolysis) is 1. The fraction of sp³-hybridized carbons (Fsp3) is 0.389. The maximum absolute atomic E-state index is 12.3. The van der Waals surface area contributed by atoms with Crippen molar-refractivity contribution in [1.29, 1.82) is 0 Å². The molecule has 0 atom stereocenters. The molecule has 0 radical (unpaired) electrons. The second kappa shape index (κ2) is 9.77. The van der Waals surface area contributed by atoms with E-state index >= 15 is 0 Å². The molecule has 8 nitrogen and oxygen atoms in total. The maximum Gasteiger partial charge on any atom is 0.407 e. The van der Waals surface area contributed by atoms with Crippen molar-refractivity contribution in [2.45, 2.75) is 27.3 Å². The van der Waals surface area contributed by atoms with E-state index < -0.39 is 12.1 Å². The molecule has 27 heavy (non-hydrogen) atoms. The molecule has 0 aliphatic carbocycles. The van der Waals surface area contributed by atoms with Gasteiger partial charge >= 0.3 is 12.1 Å². The molecule has 2 aromatic rings. The number of nitrogens with zero attached hydrogens (tertiary/aromatic N) is 1. The van der Waals surface area contributed by atoms with Gasteiger partial charge in [0.15, 0.2) is 5.13 Å². The van der Waals surface area contributed by atoms with Gasteiger partial charge < -0.3 is 20.1 Å². The lowest BCUT2D eigenvalue weighted by Crippen LogP contribution is -2.21. The zero-order chi connectivity index (χ0) is 19.8. The van der Waals surface area contributed by atoms with Crippen molar-refractivity contribution in [3.63, 3.8) is 0 Å². The van der Waals surface area contributed by atoms with E-state index in [0.717, 1.165) is 10.4 Å². The average molecular weight is 392 g/mol. The third kappa shape index (κ3) is 6.78. The lowest BCUT2D eigenvalue weighted by molar-refractivity contribution is 0.170. The number of thiazole rings is 1. The Morgan fingerprint density at radius 1 is 1.26 bits per heavy atom. The Kier molecular flexibility index (Phi) is 7.42. The van der Waals surface area contributed by atoms with Gasteiger partial charge in [-0.1, -0.05) is 31.3 Å². The van der Waals surface area contributed by atoms with Crippen LogP contribution >= 0.6 is 11.3 Å². The predicted octanol–water partition coefficient (Wildman–Crippen LogP) is 3.99. The molecule has 0 bridgehead atoms. The van der Waals surface area contributed by atoms with Crippen LogP contribution in [0.15, 0.2) is 24.4 Å². The summed E-state index contributed by atoms with van der Waals surface area (Å²) in [6.45, 7) is 6.92. The number of methoxy groups -OCH3 is 1. The molecule has 0 fully saturated rings. The zero-order valence-corrected chi connectivity index (χ0v) is 16.6. The van der Waals surface area contributed by atoms with E-state index in [-0.39, 0.29) is 6.54 Å². The fourth-order valence-electron chi connectivity index (χ4n) is 2.04. The molecular weight excluding hydrogens is 368 g/mol. The van der Waals surface area contributed by atoms with E-state index in [2.05, 4.69) is 39.5 Å². The molecule has 0 unspecified atom stereocenters. The number of nitrogens with one attached hydrogen (secondary N) is 3. The summed E-state index contributed by atoms with van der Waals surface area (Å²) in [5.74, 6) is 1.00. The van der Waals surface area contributed by atoms with Crippen molar-refractivity contribution in [3.05, 3.63) is 34.8 Å². The first-order chi connectivity index (χ1) is 12.9. The lowest BCUT2D eigenvalue weighted by atomic mass is 10.2. The largest absolute Gasteiger partial charge is 0.491 e. The molecule has 0 aliphatic heterocycles. The average Bonchev–Trinajstić information content (AvgIpc) is 3.06. The first-order valence-corrected chi connectivity index (χ1v) is 9.27. The highest BCUT2D eigenvalue weighted by atomic mass is 32.1. The molecule has 2 rings (SSSR count). The number of benzene rings is 1. The summed E-state index contributed by atoms with van der Waals surface area (Å²) in [6.07, 6.45) is 1.06. The molecule has 0 aliphatic rings. The number of amides is 3. The molecule has 1 aromatic carbocycles. The predicted molar refractivity (Wildman–Crippen MR) is 106 cm³/mol. The highest BCUT2D eigenvalue weighted by molar-refractivity contribution is 7.15. The monoisotopic (exact) mass is 392 g/mol. The van der Waals surface area contributed by atoms with Gasteiger partial charge in [-0.3, -0.25) is 5.32 Å². The molecule has 146 valence electrons. The number of ether oxygens (including phenoxy) is 2. The third-order valence-electron chi connectivity index (χ3n) is 3.32. The van der Waals surface area contributed by atoms with Gasteiger partial charge in [-0.15, -0.1) is 0 Å². The Morgan fingerprint density at radius 3 is 2.74 bits per heavy atom. The van der Waals surface area contributed by atoms with Crippen LogP contribution < -0.4 is 20.7 Å². The number of urea groups is 1. The number of hydrogen-bond acceptors (Lipinski definition) is 6. The Balaban J connectivity index is 1.95. The summed E-state index contributed by atoms with van der Waals surface area (Å²) in [5.41, 5.74) is 1.63. The number of aryl methyl sites for hydroxylation is 1. The summed E-state index contributed by atoms with van der Waals surface area (Å²) >= 11 is 1.26. The number of carbonyl (C=O) groups is 2. The van der Waals surface area contributed by atoms with Crippen LogP contribution in [0.2, 0.25) is 0 Å². The molecule has 0 spiro atoms. The minimum atomic E-state index is -0.524. The fourth-order valence-corrected chi connectivity index (χ4v) is 2.79. The third-order valence-corrected chi connectivity index (χ3v) is 4.24. The highest BCUT2D eigenvalue weighted by Crippen LogP contribution is 2.27. The van der Waals surface area contributed by atoms with Crippen molar-refractivity contribution in [2.75, 3.05) is 24.4 Å². The van der Waals surface area contributed by atoms with Crippen molar-refractivity contribution in [3.8, 4) is 5.75 Å². The summed E-state index contributed by atoms with van der Waals surface area (Å²) < 4.78 is 10.3. The van der Waals surface area contributed by atoms with Crippen molar-refractivity contribution < 1.29 is 19.1 Å². The molecule has 0 saturated carbocycles. The van der Waals surface area contributed by atoms with E-state index in [0.29, 0.717) is 29.1 Å². The minimum absolute atomic E-state index is 0.277.